The van der Waals surface area contributed by atoms with E-state index in [1.807, 2.05) is 43.3 Å². The first-order valence-electron chi connectivity index (χ1n) is 6.40. The summed E-state index contributed by atoms with van der Waals surface area (Å²) in [6.45, 7) is 2.53. The Labute approximate surface area is 117 Å². The zero-order chi connectivity index (χ0) is 14.4. The van der Waals surface area contributed by atoms with Gasteiger partial charge in [0.05, 0.1) is 6.54 Å². The zero-order valence-electron chi connectivity index (χ0n) is 11.6. The molecule has 2 aromatic rings. The Kier molecular flexibility index (Phi) is 4.65. The summed E-state index contributed by atoms with van der Waals surface area (Å²) in [6.07, 6.45) is 0. The lowest BCUT2D eigenvalue weighted by Crippen LogP contribution is -2.24. The van der Waals surface area contributed by atoms with Crippen molar-refractivity contribution in [2.75, 3.05) is 19.0 Å². The second-order valence-corrected chi connectivity index (χ2v) is 4.36. The number of amides is 1. The Hall–Kier alpha value is -2.43. The van der Waals surface area contributed by atoms with Crippen LogP contribution in [0.1, 0.15) is 11.5 Å². The van der Waals surface area contributed by atoms with Crippen molar-refractivity contribution < 1.29 is 13.9 Å². The molecule has 0 aliphatic heterocycles. The molecule has 106 valence electrons. The summed E-state index contributed by atoms with van der Waals surface area (Å²) < 4.78 is 10.9. The molecule has 1 aromatic heterocycles. The molecule has 20 heavy (non-hydrogen) atoms. The van der Waals surface area contributed by atoms with Crippen LogP contribution < -0.4 is 15.4 Å². The van der Waals surface area contributed by atoms with Gasteiger partial charge in [0, 0.05) is 18.8 Å². The van der Waals surface area contributed by atoms with Crippen molar-refractivity contribution in [2.24, 2.45) is 0 Å². The van der Waals surface area contributed by atoms with Crippen LogP contribution in [0.3, 0.4) is 0 Å². The molecule has 0 saturated heterocycles. The van der Waals surface area contributed by atoms with E-state index in [2.05, 4.69) is 10.6 Å². The van der Waals surface area contributed by atoms with E-state index in [4.69, 9.17) is 9.15 Å². The minimum atomic E-state index is -0.158. The van der Waals surface area contributed by atoms with E-state index in [9.17, 15) is 4.79 Å². The summed E-state index contributed by atoms with van der Waals surface area (Å²) in [5.74, 6) is 2.26. The van der Waals surface area contributed by atoms with Crippen LogP contribution in [-0.2, 0) is 11.3 Å². The first-order valence-corrected chi connectivity index (χ1v) is 6.40. The van der Waals surface area contributed by atoms with Crippen LogP contribution in [0.25, 0.3) is 0 Å². The molecule has 0 radical (unpaired) electrons. The fraction of sp³-hybridized carbons (Fsp3) is 0.267. The average Bonchev–Trinajstić information content (AvgIpc) is 2.88. The maximum Gasteiger partial charge on any atom is 0.257 e. The van der Waals surface area contributed by atoms with E-state index in [1.165, 1.54) is 0 Å². The third-order valence-electron chi connectivity index (χ3n) is 2.75. The van der Waals surface area contributed by atoms with Gasteiger partial charge in [0.25, 0.3) is 5.91 Å². The molecule has 0 aliphatic carbocycles. The van der Waals surface area contributed by atoms with E-state index in [1.54, 1.807) is 7.05 Å². The van der Waals surface area contributed by atoms with Crippen molar-refractivity contribution in [1.29, 1.82) is 0 Å². The molecular weight excluding hydrogens is 256 g/mol. The molecule has 1 heterocycles. The van der Waals surface area contributed by atoms with Crippen LogP contribution in [0.4, 0.5) is 5.69 Å². The highest BCUT2D eigenvalue weighted by Gasteiger charge is 2.02. The third-order valence-corrected chi connectivity index (χ3v) is 2.75. The largest absolute Gasteiger partial charge is 0.484 e. The molecule has 0 fully saturated rings. The number of aryl methyl sites for hydroxylation is 1. The van der Waals surface area contributed by atoms with Crippen LogP contribution in [0.2, 0.25) is 0 Å². The van der Waals surface area contributed by atoms with Gasteiger partial charge in [0.1, 0.15) is 17.3 Å². The van der Waals surface area contributed by atoms with Gasteiger partial charge in [-0.3, -0.25) is 4.79 Å². The third kappa shape index (κ3) is 4.05. The van der Waals surface area contributed by atoms with Crippen molar-refractivity contribution in [1.82, 2.24) is 5.32 Å². The van der Waals surface area contributed by atoms with E-state index >= 15 is 0 Å². The normalized spacial score (nSPS) is 10.1. The van der Waals surface area contributed by atoms with Crippen LogP contribution >= 0.6 is 0 Å². The van der Waals surface area contributed by atoms with Crippen LogP contribution in [0.5, 0.6) is 5.75 Å². The summed E-state index contributed by atoms with van der Waals surface area (Å²) in [5, 5.41) is 5.75. The first kappa shape index (κ1) is 14.0. The van der Waals surface area contributed by atoms with Gasteiger partial charge in [-0.25, -0.2) is 0 Å². The van der Waals surface area contributed by atoms with Gasteiger partial charge in [-0.1, -0.05) is 6.07 Å². The van der Waals surface area contributed by atoms with Gasteiger partial charge in [0.15, 0.2) is 6.61 Å². The molecule has 5 nitrogen and oxygen atoms in total. The summed E-state index contributed by atoms with van der Waals surface area (Å²) >= 11 is 0. The highest BCUT2D eigenvalue weighted by Crippen LogP contribution is 2.18. The lowest BCUT2D eigenvalue weighted by molar-refractivity contribution is -0.122. The maximum absolute atomic E-state index is 11.1. The summed E-state index contributed by atoms with van der Waals surface area (Å²) in [4.78, 5) is 11.1. The Morgan fingerprint density at radius 2 is 2.15 bits per heavy atom. The number of hydrogen-bond acceptors (Lipinski definition) is 4. The molecule has 2 rings (SSSR count). The molecule has 0 aliphatic rings. The molecule has 1 aromatic carbocycles. The predicted molar refractivity (Wildman–Crippen MR) is 76.8 cm³/mol. The molecule has 1 amide bonds. The van der Waals surface area contributed by atoms with Crippen LogP contribution in [-0.4, -0.2) is 19.6 Å². The topological polar surface area (TPSA) is 63.5 Å². The quantitative estimate of drug-likeness (QED) is 0.848. The monoisotopic (exact) mass is 274 g/mol. The Bertz CT molecular complexity index is 578. The molecule has 0 spiro atoms. The number of rotatable bonds is 6. The van der Waals surface area contributed by atoms with Gasteiger partial charge in [-0.2, -0.15) is 0 Å². The van der Waals surface area contributed by atoms with E-state index in [-0.39, 0.29) is 12.5 Å². The minimum Gasteiger partial charge on any atom is -0.484 e. The lowest BCUT2D eigenvalue weighted by Gasteiger charge is -2.08. The Morgan fingerprint density at radius 3 is 2.85 bits per heavy atom. The van der Waals surface area contributed by atoms with E-state index in [0.29, 0.717) is 12.3 Å². The molecule has 0 saturated carbocycles. The number of carbonyl (C=O) groups is 1. The molecule has 0 unspecified atom stereocenters. The lowest BCUT2D eigenvalue weighted by atomic mass is 10.3. The number of hydrogen-bond donors (Lipinski definition) is 2. The highest BCUT2D eigenvalue weighted by molar-refractivity contribution is 5.77. The van der Waals surface area contributed by atoms with Crippen molar-refractivity contribution in [3.63, 3.8) is 0 Å². The Morgan fingerprint density at radius 1 is 1.30 bits per heavy atom. The maximum atomic E-state index is 11.1. The van der Waals surface area contributed by atoms with Crippen molar-refractivity contribution in [2.45, 2.75) is 13.5 Å². The molecule has 2 N–H and O–H groups in total. The number of ether oxygens (including phenoxy) is 1. The van der Waals surface area contributed by atoms with E-state index < -0.39 is 0 Å². The van der Waals surface area contributed by atoms with Gasteiger partial charge >= 0.3 is 0 Å². The SMILES string of the molecule is CNC(=O)COc1cccc(NCc2ccc(C)o2)c1. The average molecular weight is 274 g/mol. The highest BCUT2D eigenvalue weighted by atomic mass is 16.5. The molecule has 0 bridgehead atoms. The number of nitrogens with one attached hydrogen (secondary N) is 2. The Balaban J connectivity index is 1.90. The van der Waals surface area contributed by atoms with Crippen molar-refractivity contribution in [3.05, 3.63) is 47.9 Å². The zero-order valence-corrected chi connectivity index (χ0v) is 11.6. The second kappa shape index (κ2) is 6.65. The van der Waals surface area contributed by atoms with Crippen LogP contribution in [0, 0.1) is 6.92 Å². The van der Waals surface area contributed by atoms with Gasteiger partial charge < -0.3 is 19.8 Å². The van der Waals surface area contributed by atoms with Crippen molar-refractivity contribution >= 4 is 11.6 Å². The number of anilines is 1. The number of benzene rings is 1. The fourth-order valence-corrected chi connectivity index (χ4v) is 1.69. The molecular formula is C15H18N2O3. The van der Waals surface area contributed by atoms with Gasteiger partial charge in [-0.15, -0.1) is 0 Å². The number of carbonyl (C=O) groups excluding carboxylic acids is 1. The minimum absolute atomic E-state index is 0.0112. The number of furan rings is 1. The van der Waals surface area contributed by atoms with Gasteiger partial charge in [-0.05, 0) is 31.2 Å². The van der Waals surface area contributed by atoms with Crippen LogP contribution in [0.15, 0.2) is 40.8 Å². The van der Waals surface area contributed by atoms with E-state index in [0.717, 1.165) is 17.2 Å². The smallest absolute Gasteiger partial charge is 0.257 e. The predicted octanol–water partition coefficient (Wildman–Crippen LogP) is 2.32. The number of likely N-dealkylation sites (N-methyl/N-ethyl adjacent to an activating group) is 1. The second-order valence-electron chi connectivity index (χ2n) is 4.36. The molecule has 0 atom stereocenters. The fourth-order valence-electron chi connectivity index (χ4n) is 1.69. The summed E-state index contributed by atoms with van der Waals surface area (Å²) in [7, 11) is 1.58. The summed E-state index contributed by atoms with van der Waals surface area (Å²) in [6, 6.07) is 11.3. The standard InChI is InChI=1S/C15H18N2O3/c1-11-6-7-14(20-11)9-17-12-4-3-5-13(8-12)19-10-15(18)16-2/h3-8,17H,9-10H2,1-2H3,(H,16,18). The summed E-state index contributed by atoms with van der Waals surface area (Å²) in [5.41, 5.74) is 0.911. The van der Waals surface area contributed by atoms with Crippen molar-refractivity contribution in [3.8, 4) is 5.75 Å². The van der Waals surface area contributed by atoms with Gasteiger partial charge in [0.2, 0.25) is 0 Å². The first-order chi connectivity index (χ1) is 9.67. The molecule has 5 heteroatoms.